The molecule has 0 aliphatic heterocycles. The third kappa shape index (κ3) is 4.44. The van der Waals surface area contributed by atoms with E-state index < -0.39 is 0 Å². The summed E-state index contributed by atoms with van der Waals surface area (Å²) in [7, 11) is 0. The Balaban J connectivity index is 1.37. The van der Waals surface area contributed by atoms with Gasteiger partial charge in [0.25, 0.3) is 5.78 Å². The molecule has 4 rings (SSSR count). The Morgan fingerprint density at radius 2 is 2.00 bits per heavy atom. The maximum Gasteiger partial charge on any atom is 0.252 e. The van der Waals surface area contributed by atoms with Crippen LogP contribution in [-0.4, -0.2) is 30.5 Å². The van der Waals surface area contributed by atoms with Crippen molar-refractivity contribution in [2.75, 3.05) is 5.32 Å². The second-order valence-corrected chi connectivity index (χ2v) is 8.27. The Kier molecular flexibility index (Phi) is 5.55. The molecule has 0 saturated carbocycles. The molecule has 0 saturated heterocycles. The Morgan fingerprint density at radius 1 is 1.21 bits per heavy atom. The van der Waals surface area contributed by atoms with Crippen molar-refractivity contribution in [3.63, 3.8) is 0 Å². The van der Waals surface area contributed by atoms with E-state index in [1.54, 1.807) is 10.7 Å². The van der Waals surface area contributed by atoms with E-state index in [1.807, 2.05) is 38.1 Å². The average Bonchev–Trinajstić information content (AvgIpc) is 3.33. The van der Waals surface area contributed by atoms with Gasteiger partial charge in [-0.3, -0.25) is 4.79 Å². The number of rotatable bonds is 6. The van der Waals surface area contributed by atoms with E-state index in [2.05, 4.69) is 25.4 Å². The molecule has 0 spiro atoms. The number of nitrogens with zero attached hydrogens (tertiary/aromatic N) is 5. The highest BCUT2D eigenvalue weighted by Gasteiger charge is 2.13. The van der Waals surface area contributed by atoms with Crippen LogP contribution in [0.4, 0.5) is 5.13 Å². The molecule has 3 heterocycles. The first kappa shape index (κ1) is 19.5. The van der Waals surface area contributed by atoms with Gasteiger partial charge in [-0.1, -0.05) is 23.7 Å². The third-order valence-corrected chi connectivity index (χ3v) is 5.85. The minimum Gasteiger partial charge on any atom is -0.302 e. The number of aromatic nitrogens is 5. The number of halogens is 1. The van der Waals surface area contributed by atoms with Gasteiger partial charge in [0.15, 0.2) is 5.13 Å². The fraction of sp³-hybridized carbons (Fsp3) is 0.250. The fourth-order valence-corrected chi connectivity index (χ4v) is 4.18. The van der Waals surface area contributed by atoms with Gasteiger partial charge in [-0.25, -0.2) is 14.5 Å². The number of hydrogen-bond donors (Lipinski definition) is 1. The zero-order chi connectivity index (χ0) is 20.4. The van der Waals surface area contributed by atoms with Crippen LogP contribution in [0, 0.1) is 13.8 Å². The van der Waals surface area contributed by atoms with Crippen LogP contribution in [0.3, 0.4) is 0 Å². The quantitative estimate of drug-likeness (QED) is 0.503. The Labute approximate surface area is 176 Å². The highest BCUT2D eigenvalue weighted by atomic mass is 35.5. The van der Waals surface area contributed by atoms with E-state index in [0.29, 0.717) is 23.8 Å². The van der Waals surface area contributed by atoms with Crippen molar-refractivity contribution in [2.45, 2.75) is 33.1 Å². The van der Waals surface area contributed by atoms with Gasteiger partial charge >= 0.3 is 0 Å². The predicted octanol–water partition coefficient (Wildman–Crippen LogP) is 4.01. The second kappa shape index (κ2) is 8.26. The van der Waals surface area contributed by atoms with Crippen LogP contribution in [0.15, 0.2) is 36.8 Å². The summed E-state index contributed by atoms with van der Waals surface area (Å²) in [6.07, 6.45) is 4.96. The average molecular weight is 427 g/mol. The highest BCUT2D eigenvalue weighted by Crippen LogP contribution is 2.22. The van der Waals surface area contributed by atoms with E-state index >= 15 is 0 Å². The normalized spacial score (nSPS) is 11.1. The van der Waals surface area contributed by atoms with Crippen LogP contribution < -0.4 is 5.32 Å². The number of benzene rings is 1. The van der Waals surface area contributed by atoms with E-state index in [9.17, 15) is 4.79 Å². The van der Waals surface area contributed by atoms with Crippen molar-refractivity contribution >= 4 is 39.8 Å². The van der Waals surface area contributed by atoms with Gasteiger partial charge < -0.3 is 5.32 Å². The summed E-state index contributed by atoms with van der Waals surface area (Å²) in [5, 5.41) is 8.40. The van der Waals surface area contributed by atoms with Crippen LogP contribution in [0.5, 0.6) is 0 Å². The van der Waals surface area contributed by atoms with Gasteiger partial charge in [0.1, 0.15) is 6.33 Å². The molecule has 0 unspecified atom stereocenters. The lowest BCUT2D eigenvalue weighted by molar-refractivity contribution is -0.116. The first-order valence-electron chi connectivity index (χ1n) is 9.14. The van der Waals surface area contributed by atoms with Crippen molar-refractivity contribution in [3.05, 3.63) is 69.2 Å². The minimum absolute atomic E-state index is 0.0742. The van der Waals surface area contributed by atoms with Gasteiger partial charge in [0, 0.05) is 40.3 Å². The summed E-state index contributed by atoms with van der Waals surface area (Å²) in [6.45, 7) is 3.90. The molecule has 0 fully saturated rings. The Morgan fingerprint density at radius 3 is 2.79 bits per heavy atom. The molecule has 1 aromatic carbocycles. The van der Waals surface area contributed by atoms with Crippen LogP contribution in [-0.2, 0) is 17.6 Å². The predicted molar refractivity (Wildman–Crippen MR) is 114 cm³/mol. The van der Waals surface area contributed by atoms with E-state index in [4.69, 9.17) is 11.6 Å². The van der Waals surface area contributed by atoms with Crippen molar-refractivity contribution in [3.8, 4) is 0 Å². The molecule has 1 amide bonds. The summed E-state index contributed by atoms with van der Waals surface area (Å²) < 4.78 is 1.70. The topological polar surface area (TPSA) is 85.1 Å². The molecule has 3 aromatic heterocycles. The SMILES string of the molecule is Cc1nc2ncnn2c(C)c1CCC(=O)Nc1ncc(Cc2ccc(Cl)cc2)s1. The summed E-state index contributed by atoms with van der Waals surface area (Å²) >= 11 is 7.40. The monoisotopic (exact) mass is 426 g/mol. The molecule has 4 aromatic rings. The zero-order valence-corrected chi connectivity index (χ0v) is 17.6. The number of thiazole rings is 1. The second-order valence-electron chi connectivity index (χ2n) is 6.72. The molecule has 0 bridgehead atoms. The Bertz CT molecular complexity index is 1170. The molecule has 0 aliphatic rings. The maximum absolute atomic E-state index is 12.4. The van der Waals surface area contributed by atoms with E-state index in [1.165, 1.54) is 17.7 Å². The number of amides is 1. The van der Waals surface area contributed by atoms with Crippen LogP contribution in [0.25, 0.3) is 5.78 Å². The van der Waals surface area contributed by atoms with Crippen LogP contribution >= 0.6 is 22.9 Å². The van der Waals surface area contributed by atoms with Crippen molar-refractivity contribution < 1.29 is 4.79 Å². The summed E-state index contributed by atoms with van der Waals surface area (Å²) in [5.74, 6) is 0.499. The smallest absolute Gasteiger partial charge is 0.252 e. The van der Waals surface area contributed by atoms with Crippen molar-refractivity contribution in [1.29, 1.82) is 0 Å². The fourth-order valence-electron chi connectivity index (χ4n) is 3.19. The lowest BCUT2D eigenvalue weighted by Gasteiger charge is -2.10. The van der Waals surface area contributed by atoms with Gasteiger partial charge in [-0.15, -0.1) is 11.3 Å². The number of carbonyl (C=O) groups is 1. The highest BCUT2D eigenvalue weighted by molar-refractivity contribution is 7.15. The number of hydrogen-bond acceptors (Lipinski definition) is 6. The standard InChI is InChI=1S/C20H19ClN6OS/c1-12-17(13(2)27-19(25-12)23-11-24-27)7-8-18(28)26-20-22-10-16(29-20)9-14-3-5-15(21)6-4-14/h3-6,10-11H,7-9H2,1-2H3,(H,22,26,28). The van der Waals surface area contributed by atoms with Gasteiger partial charge in [-0.2, -0.15) is 10.1 Å². The summed E-state index contributed by atoms with van der Waals surface area (Å²) in [4.78, 5) is 26.4. The lowest BCUT2D eigenvalue weighted by Crippen LogP contribution is -2.14. The van der Waals surface area contributed by atoms with E-state index in [0.717, 1.165) is 38.8 Å². The number of aryl methyl sites for hydroxylation is 2. The molecule has 148 valence electrons. The van der Waals surface area contributed by atoms with Gasteiger partial charge in [0.05, 0.1) is 0 Å². The first-order chi connectivity index (χ1) is 14.0. The molecule has 29 heavy (non-hydrogen) atoms. The molecule has 0 atom stereocenters. The largest absolute Gasteiger partial charge is 0.302 e. The number of carbonyl (C=O) groups excluding carboxylic acids is 1. The minimum atomic E-state index is -0.0742. The third-order valence-electron chi connectivity index (χ3n) is 4.68. The van der Waals surface area contributed by atoms with Crippen LogP contribution in [0.2, 0.25) is 5.02 Å². The molecule has 0 aliphatic carbocycles. The summed E-state index contributed by atoms with van der Waals surface area (Å²) in [6, 6.07) is 7.72. The molecule has 7 nitrogen and oxygen atoms in total. The molecular weight excluding hydrogens is 408 g/mol. The summed E-state index contributed by atoms with van der Waals surface area (Å²) in [5.41, 5.74) is 3.99. The van der Waals surface area contributed by atoms with Gasteiger partial charge in [0.2, 0.25) is 5.91 Å². The van der Waals surface area contributed by atoms with Gasteiger partial charge in [-0.05, 0) is 43.5 Å². The zero-order valence-electron chi connectivity index (χ0n) is 16.0. The number of anilines is 1. The van der Waals surface area contributed by atoms with Crippen LogP contribution in [0.1, 0.15) is 33.8 Å². The molecule has 9 heteroatoms. The number of fused-ring (bicyclic) bond motifs is 1. The first-order valence-corrected chi connectivity index (χ1v) is 10.3. The van der Waals surface area contributed by atoms with Crippen molar-refractivity contribution in [2.24, 2.45) is 0 Å². The molecule has 1 N–H and O–H groups in total. The van der Waals surface area contributed by atoms with Crippen molar-refractivity contribution in [1.82, 2.24) is 24.6 Å². The maximum atomic E-state index is 12.4. The number of nitrogens with one attached hydrogen (secondary N) is 1. The Hall–Kier alpha value is -2.84. The lowest BCUT2D eigenvalue weighted by atomic mass is 10.1. The molecular formula is C20H19ClN6OS. The molecule has 0 radical (unpaired) electrons. The van der Waals surface area contributed by atoms with E-state index in [-0.39, 0.29) is 5.91 Å².